The first kappa shape index (κ1) is 15.9. The molecule has 0 fully saturated rings. The molecule has 1 aromatic heterocycles. The molecule has 2 aliphatic rings. The van der Waals surface area contributed by atoms with Crippen LogP contribution in [0.1, 0.15) is 54.2 Å². The van der Waals surface area contributed by atoms with Crippen LogP contribution in [0.25, 0.3) is 0 Å². The summed E-state index contributed by atoms with van der Waals surface area (Å²) in [5.74, 6) is -0.104. The normalized spacial score (nSPS) is 18.9. The Bertz CT molecular complexity index is 812. The average molecular weight is 338 g/mol. The minimum atomic E-state index is -0.259. The van der Waals surface area contributed by atoms with E-state index in [1.165, 1.54) is 24.1 Å². The Labute approximate surface area is 146 Å². The number of hydrogen-bond acceptors (Lipinski definition) is 3. The van der Waals surface area contributed by atoms with E-state index in [0.717, 1.165) is 29.8 Å². The molecule has 1 atom stereocenters. The van der Waals surface area contributed by atoms with Gasteiger partial charge in [0, 0.05) is 24.2 Å². The summed E-state index contributed by atoms with van der Waals surface area (Å²) in [6.45, 7) is 0. The quantitative estimate of drug-likeness (QED) is 0.800. The zero-order chi connectivity index (χ0) is 17.2. The Kier molecular flexibility index (Phi) is 4.26. The molecule has 0 saturated carbocycles. The Hall–Kier alpha value is -2.63. The highest BCUT2D eigenvalue weighted by molar-refractivity contribution is 5.95. The third-order valence-electron chi connectivity index (χ3n) is 5.07. The molecule has 2 heterocycles. The van der Waals surface area contributed by atoms with Gasteiger partial charge in [0.1, 0.15) is 0 Å². The van der Waals surface area contributed by atoms with E-state index in [-0.39, 0.29) is 24.3 Å². The van der Waals surface area contributed by atoms with Crippen LogP contribution in [0.2, 0.25) is 0 Å². The highest BCUT2D eigenvalue weighted by Gasteiger charge is 2.26. The number of carbonyl (C=O) groups is 2. The Morgan fingerprint density at radius 2 is 2.08 bits per heavy atom. The summed E-state index contributed by atoms with van der Waals surface area (Å²) in [6.07, 6.45) is 5.82. The van der Waals surface area contributed by atoms with Crippen molar-refractivity contribution < 1.29 is 9.59 Å². The first-order valence-electron chi connectivity index (χ1n) is 8.94. The maximum Gasteiger partial charge on any atom is 0.226 e. The second kappa shape index (κ2) is 6.70. The van der Waals surface area contributed by atoms with E-state index in [2.05, 4.69) is 20.8 Å². The van der Waals surface area contributed by atoms with Gasteiger partial charge in [-0.3, -0.25) is 14.7 Å². The van der Waals surface area contributed by atoms with E-state index in [1.807, 2.05) is 24.3 Å². The van der Waals surface area contributed by atoms with Crippen molar-refractivity contribution in [3.8, 4) is 0 Å². The molecule has 130 valence electrons. The molecule has 0 saturated heterocycles. The fourth-order valence-corrected chi connectivity index (χ4v) is 3.79. The van der Waals surface area contributed by atoms with Crippen molar-refractivity contribution in [1.82, 2.24) is 15.5 Å². The molecule has 4 rings (SSSR count). The van der Waals surface area contributed by atoms with Crippen LogP contribution in [-0.2, 0) is 28.9 Å². The minimum Gasteiger partial charge on any atom is -0.349 e. The van der Waals surface area contributed by atoms with Gasteiger partial charge in [0.2, 0.25) is 11.8 Å². The van der Waals surface area contributed by atoms with Crippen LogP contribution >= 0.6 is 0 Å². The summed E-state index contributed by atoms with van der Waals surface area (Å²) >= 11 is 0. The number of aromatic amines is 1. The van der Waals surface area contributed by atoms with Gasteiger partial charge < -0.3 is 10.6 Å². The number of nitrogens with zero attached hydrogens (tertiary/aromatic N) is 1. The second-order valence-corrected chi connectivity index (χ2v) is 6.79. The highest BCUT2D eigenvalue weighted by Crippen LogP contribution is 2.30. The van der Waals surface area contributed by atoms with Gasteiger partial charge in [-0.05, 0) is 42.9 Å². The maximum absolute atomic E-state index is 12.4. The van der Waals surface area contributed by atoms with Gasteiger partial charge in [-0.15, -0.1) is 0 Å². The Balaban J connectivity index is 1.40. The molecule has 1 unspecified atom stereocenters. The van der Waals surface area contributed by atoms with E-state index in [4.69, 9.17) is 0 Å². The molecule has 1 aliphatic heterocycles. The van der Waals surface area contributed by atoms with Crippen LogP contribution in [0, 0.1) is 0 Å². The van der Waals surface area contributed by atoms with Crippen molar-refractivity contribution in [2.75, 3.05) is 5.32 Å². The van der Waals surface area contributed by atoms with Crippen molar-refractivity contribution in [2.45, 2.75) is 51.0 Å². The summed E-state index contributed by atoms with van der Waals surface area (Å²) in [7, 11) is 0. The number of rotatable bonds is 4. The van der Waals surface area contributed by atoms with Crippen LogP contribution in [0.15, 0.2) is 24.3 Å². The van der Waals surface area contributed by atoms with Crippen molar-refractivity contribution >= 4 is 17.5 Å². The number of H-pyrrole nitrogens is 1. The predicted octanol–water partition coefficient (Wildman–Crippen LogP) is 2.42. The molecule has 25 heavy (non-hydrogen) atoms. The smallest absolute Gasteiger partial charge is 0.226 e. The largest absolute Gasteiger partial charge is 0.349 e. The number of aromatic nitrogens is 2. The van der Waals surface area contributed by atoms with Crippen LogP contribution in [-0.4, -0.2) is 22.0 Å². The molecule has 1 aliphatic carbocycles. The zero-order valence-electron chi connectivity index (χ0n) is 14.1. The maximum atomic E-state index is 12.4. The van der Waals surface area contributed by atoms with Crippen LogP contribution < -0.4 is 10.6 Å². The fourth-order valence-electron chi connectivity index (χ4n) is 3.79. The molecule has 6 heteroatoms. The fraction of sp³-hybridized carbons (Fsp3) is 0.421. The van der Waals surface area contributed by atoms with Gasteiger partial charge in [-0.25, -0.2) is 0 Å². The van der Waals surface area contributed by atoms with Crippen LogP contribution in [0.3, 0.4) is 0 Å². The standard InChI is InChI=1S/C19H22N4O2/c24-18(10-9-16-13-6-2-4-8-15(13)22-23-16)21-17-11-19(25)20-14-7-3-1-5-12(14)17/h1,3,5,7,17H,2,4,6,8-11H2,(H,20,25)(H,21,24)(H,22,23). The number of amides is 2. The molecule has 1 aromatic carbocycles. The lowest BCUT2D eigenvalue weighted by Crippen LogP contribution is -2.35. The van der Waals surface area contributed by atoms with E-state index in [1.54, 1.807) is 0 Å². The van der Waals surface area contributed by atoms with Crippen LogP contribution in [0.5, 0.6) is 0 Å². The van der Waals surface area contributed by atoms with Crippen molar-refractivity contribution in [3.05, 3.63) is 46.8 Å². The summed E-state index contributed by atoms with van der Waals surface area (Å²) < 4.78 is 0. The van der Waals surface area contributed by atoms with Gasteiger partial charge in [0.05, 0.1) is 18.2 Å². The molecule has 3 N–H and O–H groups in total. The molecule has 2 amide bonds. The summed E-state index contributed by atoms with van der Waals surface area (Å²) in [6, 6.07) is 7.35. The van der Waals surface area contributed by atoms with Gasteiger partial charge >= 0.3 is 0 Å². The minimum absolute atomic E-state index is 0.0398. The zero-order valence-corrected chi connectivity index (χ0v) is 14.1. The third-order valence-corrected chi connectivity index (χ3v) is 5.07. The monoisotopic (exact) mass is 338 g/mol. The summed E-state index contributed by atoms with van der Waals surface area (Å²) in [5, 5.41) is 13.4. The summed E-state index contributed by atoms with van der Waals surface area (Å²) in [4.78, 5) is 24.3. The SMILES string of the molecule is O=C1CC(NC(=O)CCc2n[nH]c3c2CCCC3)c2ccccc2N1. The number of carbonyl (C=O) groups excluding carboxylic acids is 2. The lowest BCUT2D eigenvalue weighted by atomic mass is 9.94. The van der Waals surface area contributed by atoms with Crippen LogP contribution in [0.4, 0.5) is 5.69 Å². The molecular weight excluding hydrogens is 316 g/mol. The average Bonchev–Trinajstić information content (AvgIpc) is 3.03. The molecule has 0 radical (unpaired) electrons. The van der Waals surface area contributed by atoms with Gasteiger partial charge in [0.15, 0.2) is 0 Å². The van der Waals surface area contributed by atoms with Gasteiger partial charge in [-0.1, -0.05) is 18.2 Å². The first-order chi connectivity index (χ1) is 12.2. The predicted molar refractivity (Wildman–Crippen MR) is 94.1 cm³/mol. The third kappa shape index (κ3) is 3.29. The van der Waals surface area contributed by atoms with E-state index < -0.39 is 0 Å². The van der Waals surface area contributed by atoms with Crippen molar-refractivity contribution in [3.63, 3.8) is 0 Å². The number of para-hydroxylation sites is 1. The number of hydrogen-bond donors (Lipinski definition) is 3. The number of nitrogens with one attached hydrogen (secondary N) is 3. The number of fused-ring (bicyclic) bond motifs is 2. The topological polar surface area (TPSA) is 86.9 Å². The number of anilines is 1. The highest BCUT2D eigenvalue weighted by atomic mass is 16.2. The molecule has 0 spiro atoms. The number of benzene rings is 1. The molecule has 0 bridgehead atoms. The molecular formula is C19H22N4O2. The lowest BCUT2D eigenvalue weighted by Gasteiger charge is -2.26. The van der Waals surface area contributed by atoms with E-state index in [0.29, 0.717) is 12.8 Å². The Morgan fingerprint density at radius 3 is 3.00 bits per heavy atom. The Morgan fingerprint density at radius 1 is 1.24 bits per heavy atom. The molecule has 2 aromatic rings. The van der Waals surface area contributed by atoms with Crippen molar-refractivity contribution in [2.24, 2.45) is 0 Å². The molecule has 6 nitrogen and oxygen atoms in total. The lowest BCUT2D eigenvalue weighted by molar-refractivity contribution is -0.122. The van der Waals surface area contributed by atoms with Gasteiger partial charge in [-0.2, -0.15) is 5.10 Å². The van der Waals surface area contributed by atoms with E-state index in [9.17, 15) is 9.59 Å². The summed E-state index contributed by atoms with van der Waals surface area (Å²) in [5.41, 5.74) is 5.31. The van der Waals surface area contributed by atoms with Crippen molar-refractivity contribution in [1.29, 1.82) is 0 Å². The number of aryl methyl sites for hydroxylation is 2. The van der Waals surface area contributed by atoms with E-state index >= 15 is 0 Å². The van der Waals surface area contributed by atoms with Gasteiger partial charge in [0.25, 0.3) is 0 Å². The first-order valence-corrected chi connectivity index (χ1v) is 8.94. The second-order valence-electron chi connectivity index (χ2n) is 6.79.